The van der Waals surface area contributed by atoms with Crippen LogP contribution in [0.2, 0.25) is 15.1 Å². The van der Waals surface area contributed by atoms with Crippen molar-refractivity contribution in [1.29, 1.82) is 0 Å². The van der Waals surface area contributed by atoms with Crippen molar-refractivity contribution in [3.63, 3.8) is 0 Å². The number of thiocarbonyl (C=S) groups is 1. The molecule has 5 nitrogen and oxygen atoms in total. The molecule has 0 radical (unpaired) electrons. The van der Waals surface area contributed by atoms with Gasteiger partial charge < -0.3 is 5.11 Å². The Balaban J connectivity index is 2.57. The zero-order chi connectivity index (χ0) is 21.9. The molecule has 0 aromatic heterocycles. The summed E-state index contributed by atoms with van der Waals surface area (Å²) in [7, 11) is -4.08. The molecule has 1 N–H and O–H groups in total. The zero-order valence-electron chi connectivity index (χ0n) is 15.5. The molecule has 2 atom stereocenters. The molecule has 156 valence electrons. The van der Waals surface area contributed by atoms with Crippen LogP contribution in [0.5, 0.6) is 0 Å². The summed E-state index contributed by atoms with van der Waals surface area (Å²) in [6.07, 6.45) is 0.0401. The molecule has 0 amide bonds. The average molecular weight is 495 g/mol. The van der Waals surface area contributed by atoms with Crippen LogP contribution in [0.1, 0.15) is 20.3 Å². The third kappa shape index (κ3) is 5.61. The lowest BCUT2D eigenvalue weighted by molar-refractivity contribution is -0.138. The molecule has 2 rings (SSSR count). The summed E-state index contributed by atoms with van der Waals surface area (Å²) in [5.74, 6) is -1.97. The summed E-state index contributed by atoms with van der Waals surface area (Å²) in [5, 5.41) is 10.1. The van der Waals surface area contributed by atoms with Gasteiger partial charge in [-0.3, -0.25) is 9.10 Å². The maximum Gasteiger partial charge on any atom is 0.311 e. The van der Waals surface area contributed by atoms with Crippen molar-refractivity contribution in [2.75, 3.05) is 4.31 Å². The molecule has 0 spiro atoms. The summed E-state index contributed by atoms with van der Waals surface area (Å²) >= 11 is 23.5. The van der Waals surface area contributed by atoms with Gasteiger partial charge in [-0.2, -0.15) is 0 Å². The number of benzene rings is 2. The zero-order valence-corrected chi connectivity index (χ0v) is 19.4. The minimum atomic E-state index is -4.08. The van der Waals surface area contributed by atoms with Crippen molar-refractivity contribution < 1.29 is 18.3 Å². The molecule has 10 heteroatoms. The maximum absolute atomic E-state index is 13.5. The Morgan fingerprint density at radius 3 is 2.17 bits per heavy atom. The van der Waals surface area contributed by atoms with Crippen LogP contribution in [0.15, 0.2) is 47.4 Å². The van der Waals surface area contributed by atoms with E-state index in [1.54, 1.807) is 13.0 Å². The van der Waals surface area contributed by atoms with Crippen LogP contribution in [0.3, 0.4) is 0 Å². The lowest BCUT2D eigenvalue weighted by Gasteiger charge is -2.32. The van der Waals surface area contributed by atoms with E-state index in [0.717, 1.165) is 4.31 Å². The smallest absolute Gasteiger partial charge is 0.311 e. The van der Waals surface area contributed by atoms with Gasteiger partial charge in [0.15, 0.2) is 0 Å². The standard InChI is InChI=1S/C19H18Cl3NO4S2/c1-11(9-18(28)12(2)19(24)25)23(17-10-14(21)5-8-16(17)22)29(26,27)15-6-3-13(20)4-7-15/h3-8,10-12H,9H2,1-2H3,(H,24,25)/t11-,12?/m1/s1. The lowest BCUT2D eigenvalue weighted by Crippen LogP contribution is -2.41. The van der Waals surface area contributed by atoms with Gasteiger partial charge in [-0.05, 0) is 56.3 Å². The second-order valence-corrected chi connectivity index (χ2v) is 10.0. The molecule has 0 aliphatic carbocycles. The number of nitrogens with zero attached hydrogens (tertiary/aromatic N) is 1. The number of aliphatic carboxylic acids is 1. The second kappa shape index (κ2) is 9.62. The third-order valence-corrected chi connectivity index (χ3v) is 7.54. The van der Waals surface area contributed by atoms with E-state index in [2.05, 4.69) is 0 Å². The first kappa shape index (κ1) is 23.9. The number of sulfonamides is 1. The number of hydrogen-bond acceptors (Lipinski definition) is 4. The molecule has 0 aliphatic heterocycles. The molecule has 0 bridgehead atoms. The summed E-state index contributed by atoms with van der Waals surface area (Å²) < 4.78 is 28.0. The minimum absolute atomic E-state index is 0.00185. The Hall–Kier alpha value is -1.38. The minimum Gasteiger partial charge on any atom is -0.481 e. The van der Waals surface area contributed by atoms with Gasteiger partial charge in [-0.25, -0.2) is 8.42 Å². The topological polar surface area (TPSA) is 74.7 Å². The molecule has 0 saturated heterocycles. The fourth-order valence-corrected chi connectivity index (χ4v) is 5.23. The van der Waals surface area contributed by atoms with E-state index in [-0.39, 0.29) is 26.9 Å². The maximum atomic E-state index is 13.5. The summed E-state index contributed by atoms with van der Waals surface area (Å²) in [4.78, 5) is 11.5. The molecule has 29 heavy (non-hydrogen) atoms. The Morgan fingerprint density at radius 2 is 1.62 bits per heavy atom. The molecular weight excluding hydrogens is 477 g/mol. The van der Waals surface area contributed by atoms with Crippen LogP contribution >= 0.6 is 47.0 Å². The first-order valence-corrected chi connectivity index (χ1v) is 11.4. The molecule has 0 fully saturated rings. The normalized spacial score (nSPS) is 13.6. The molecule has 0 heterocycles. The van der Waals surface area contributed by atoms with Crippen LogP contribution in [0.4, 0.5) is 5.69 Å². The summed E-state index contributed by atoms with van der Waals surface area (Å²) in [6.45, 7) is 3.09. The number of hydrogen-bond donors (Lipinski definition) is 1. The predicted octanol–water partition coefficient (Wildman–Crippen LogP) is 5.71. The first-order chi connectivity index (χ1) is 13.4. The average Bonchev–Trinajstić information content (AvgIpc) is 2.64. The Morgan fingerprint density at radius 1 is 1.07 bits per heavy atom. The predicted molar refractivity (Wildman–Crippen MR) is 121 cm³/mol. The molecule has 2 aromatic rings. The number of carboxylic acid groups (broad SMARTS) is 1. The van der Waals surface area contributed by atoms with Gasteiger partial charge in [0.05, 0.1) is 21.5 Å². The van der Waals surface area contributed by atoms with Crippen molar-refractivity contribution in [3.8, 4) is 0 Å². The van der Waals surface area contributed by atoms with E-state index in [1.165, 1.54) is 43.3 Å². The lowest BCUT2D eigenvalue weighted by atomic mass is 10.0. The highest BCUT2D eigenvalue weighted by atomic mass is 35.5. The van der Waals surface area contributed by atoms with E-state index in [4.69, 9.17) is 47.0 Å². The van der Waals surface area contributed by atoms with Crippen molar-refractivity contribution >= 4 is 73.6 Å². The highest BCUT2D eigenvalue weighted by molar-refractivity contribution is 7.92. The van der Waals surface area contributed by atoms with E-state index in [9.17, 15) is 18.3 Å². The number of carboxylic acids is 1. The number of rotatable bonds is 8. The molecule has 0 aliphatic rings. The summed E-state index contributed by atoms with van der Waals surface area (Å²) in [6, 6.07) is 9.46. The molecular formula is C19H18Cl3NO4S2. The van der Waals surface area contributed by atoms with Crippen molar-refractivity contribution in [2.45, 2.75) is 31.2 Å². The van der Waals surface area contributed by atoms with Crippen molar-refractivity contribution in [3.05, 3.63) is 57.5 Å². The van der Waals surface area contributed by atoms with Gasteiger partial charge >= 0.3 is 5.97 Å². The van der Waals surface area contributed by atoms with Gasteiger partial charge in [0, 0.05) is 27.4 Å². The SMILES string of the molecule is CC(C(=O)O)C(=S)C[C@@H](C)N(c1cc(Cl)ccc1Cl)S(=O)(=O)c1ccc(Cl)cc1. The van der Waals surface area contributed by atoms with Gasteiger partial charge in [-0.15, -0.1) is 0 Å². The van der Waals surface area contributed by atoms with Gasteiger partial charge in [0.25, 0.3) is 10.0 Å². The van der Waals surface area contributed by atoms with Crippen LogP contribution < -0.4 is 4.31 Å². The fourth-order valence-electron chi connectivity index (χ4n) is 2.67. The van der Waals surface area contributed by atoms with E-state index in [0.29, 0.717) is 10.0 Å². The van der Waals surface area contributed by atoms with E-state index in [1.807, 2.05) is 0 Å². The largest absolute Gasteiger partial charge is 0.481 e. The Labute approximate surface area is 190 Å². The van der Waals surface area contributed by atoms with Crippen molar-refractivity contribution in [2.24, 2.45) is 5.92 Å². The van der Waals surface area contributed by atoms with Gasteiger partial charge in [0.1, 0.15) is 0 Å². The third-order valence-electron chi connectivity index (χ3n) is 4.27. The summed E-state index contributed by atoms with van der Waals surface area (Å²) in [5.41, 5.74) is 0.174. The molecule has 1 unspecified atom stereocenters. The number of carbonyl (C=O) groups is 1. The van der Waals surface area contributed by atoms with E-state index < -0.39 is 28.0 Å². The van der Waals surface area contributed by atoms with E-state index >= 15 is 0 Å². The van der Waals surface area contributed by atoms with Gasteiger partial charge in [0.2, 0.25) is 0 Å². The number of halogens is 3. The number of anilines is 1. The second-order valence-electron chi connectivity index (χ2n) is 6.43. The van der Waals surface area contributed by atoms with Gasteiger partial charge in [-0.1, -0.05) is 47.0 Å². The Bertz CT molecular complexity index is 1030. The van der Waals surface area contributed by atoms with Crippen LogP contribution in [0.25, 0.3) is 0 Å². The van der Waals surface area contributed by atoms with Crippen LogP contribution in [0, 0.1) is 5.92 Å². The monoisotopic (exact) mass is 493 g/mol. The highest BCUT2D eigenvalue weighted by Gasteiger charge is 2.33. The quantitative estimate of drug-likeness (QED) is 0.476. The highest BCUT2D eigenvalue weighted by Crippen LogP contribution is 2.35. The van der Waals surface area contributed by atoms with Crippen LogP contribution in [-0.2, 0) is 14.8 Å². The Kier molecular flexibility index (Phi) is 7.93. The first-order valence-electron chi connectivity index (χ1n) is 8.45. The van der Waals surface area contributed by atoms with Crippen molar-refractivity contribution in [1.82, 2.24) is 0 Å². The van der Waals surface area contributed by atoms with Crippen LogP contribution in [-0.4, -0.2) is 30.4 Å². The molecule has 2 aromatic carbocycles. The fraction of sp³-hybridized carbons (Fsp3) is 0.263. The molecule has 0 saturated carbocycles.